The molecule has 0 saturated heterocycles. The number of hydrogen-bond donors (Lipinski definition) is 3. The first-order valence-electron chi connectivity index (χ1n) is 8.96. The lowest BCUT2D eigenvalue weighted by Gasteiger charge is -2.23. The molecule has 9 nitrogen and oxygen atoms in total. The topological polar surface area (TPSA) is 115 Å². The Balaban J connectivity index is 2.63. The first-order chi connectivity index (χ1) is 14.8. The van der Waals surface area contributed by atoms with Crippen LogP contribution in [0.15, 0.2) is 26.2 Å². The van der Waals surface area contributed by atoms with Gasteiger partial charge in [-0.1, -0.05) is 0 Å². The number of rotatable bonds is 3. The molecule has 0 aliphatic heterocycles. The van der Waals surface area contributed by atoms with Gasteiger partial charge in [-0.15, -0.1) is 0 Å². The average Bonchev–Trinajstić information content (AvgIpc) is 2.75. The normalized spacial score (nSPS) is 11.3. The van der Waals surface area contributed by atoms with Crippen LogP contribution in [-0.2, 0) is 28.2 Å². The van der Waals surface area contributed by atoms with Crippen LogP contribution in [0.1, 0.15) is 22.6 Å². The minimum absolute atomic E-state index is 0.0275. The highest BCUT2D eigenvalue weighted by Crippen LogP contribution is 2.40. The zero-order valence-electron chi connectivity index (χ0n) is 17.3. The van der Waals surface area contributed by atoms with Crippen molar-refractivity contribution in [3.63, 3.8) is 0 Å². The molecule has 170 valence electrons. The summed E-state index contributed by atoms with van der Waals surface area (Å²) in [4.78, 5) is 26.6. The van der Waals surface area contributed by atoms with Crippen molar-refractivity contribution in [3.8, 4) is 17.5 Å². The van der Waals surface area contributed by atoms with Crippen molar-refractivity contribution in [2.75, 3.05) is 0 Å². The van der Waals surface area contributed by atoms with Gasteiger partial charge in [-0.3, -0.25) is 27.9 Å². The van der Waals surface area contributed by atoms with Crippen molar-refractivity contribution >= 4 is 63.0 Å². The van der Waals surface area contributed by atoms with Crippen molar-refractivity contribution in [3.05, 3.63) is 67.1 Å². The summed E-state index contributed by atoms with van der Waals surface area (Å²) in [6.07, 6.45) is 0. The molecule has 0 spiro atoms. The Morgan fingerprint density at radius 3 is 1.62 bits per heavy atom. The number of phenols is 1. The van der Waals surface area contributed by atoms with Crippen molar-refractivity contribution in [2.24, 2.45) is 28.2 Å². The number of hydrogen-bond acceptors (Lipinski definition) is 7. The van der Waals surface area contributed by atoms with Crippen molar-refractivity contribution in [1.82, 2.24) is 18.3 Å². The summed E-state index contributed by atoms with van der Waals surface area (Å²) >= 11 is 15.6. The van der Waals surface area contributed by atoms with E-state index in [9.17, 15) is 24.9 Å². The SMILES string of the molecule is Cn1c(O)c(C(c2cc(Br)c(O)c(I)c2)c2c(O)n(C)c(=S)n(C)c2=O)c(=O)n(C)c1=S. The van der Waals surface area contributed by atoms with E-state index in [0.717, 1.165) is 0 Å². The van der Waals surface area contributed by atoms with Crippen LogP contribution in [0, 0.1) is 13.1 Å². The standard InChI is InChI=1S/C19H18BrIN4O5S2/c1-22-14(27)11(15(28)23(2)18(22)31)10(7-5-8(20)13(26)9(21)6-7)12-16(29)24(3)19(32)25(4)17(12)30/h5-6,10,26-27,29H,1-4H3. The lowest BCUT2D eigenvalue weighted by Crippen LogP contribution is -2.33. The first-order valence-corrected chi connectivity index (χ1v) is 11.7. The molecular weight excluding hydrogens is 635 g/mol. The van der Waals surface area contributed by atoms with E-state index in [2.05, 4.69) is 15.9 Å². The number of aromatic hydroxyl groups is 3. The third-order valence-electron chi connectivity index (χ3n) is 5.28. The van der Waals surface area contributed by atoms with E-state index in [-0.39, 0.29) is 26.4 Å². The average molecular weight is 653 g/mol. The molecule has 3 N–H and O–H groups in total. The van der Waals surface area contributed by atoms with Crippen LogP contribution in [-0.4, -0.2) is 33.6 Å². The summed E-state index contributed by atoms with van der Waals surface area (Å²) < 4.78 is 5.69. The number of benzene rings is 1. The molecule has 0 radical (unpaired) electrons. The largest absolute Gasteiger partial charge is 0.506 e. The monoisotopic (exact) mass is 652 g/mol. The Bertz CT molecular complexity index is 1410. The lowest BCUT2D eigenvalue weighted by atomic mass is 9.86. The van der Waals surface area contributed by atoms with Crippen LogP contribution in [0.5, 0.6) is 17.5 Å². The van der Waals surface area contributed by atoms with Gasteiger partial charge in [0.25, 0.3) is 11.1 Å². The molecule has 2 heterocycles. The number of nitrogens with zero attached hydrogens (tertiary/aromatic N) is 4. The van der Waals surface area contributed by atoms with Gasteiger partial charge in [0.2, 0.25) is 11.8 Å². The minimum Gasteiger partial charge on any atom is -0.506 e. The predicted octanol–water partition coefficient (Wildman–Crippen LogP) is 2.88. The molecule has 0 unspecified atom stereocenters. The van der Waals surface area contributed by atoms with Crippen molar-refractivity contribution in [2.45, 2.75) is 5.92 Å². The van der Waals surface area contributed by atoms with E-state index >= 15 is 0 Å². The minimum atomic E-state index is -1.21. The molecule has 0 aliphatic carbocycles. The summed E-state index contributed by atoms with van der Waals surface area (Å²) in [5.41, 5.74) is -1.24. The fourth-order valence-corrected chi connectivity index (χ4v) is 5.29. The maximum Gasteiger partial charge on any atom is 0.262 e. The second-order valence-corrected chi connectivity index (χ2v) is 9.90. The fourth-order valence-electron chi connectivity index (χ4n) is 3.45. The molecular formula is C19H18BrIN4O5S2. The van der Waals surface area contributed by atoms with Gasteiger partial charge in [0.15, 0.2) is 9.54 Å². The molecule has 2 aromatic heterocycles. The number of halogens is 2. The molecule has 0 amide bonds. The second kappa shape index (κ2) is 8.76. The predicted molar refractivity (Wildman–Crippen MR) is 136 cm³/mol. The Morgan fingerprint density at radius 1 is 0.844 bits per heavy atom. The van der Waals surface area contributed by atoms with E-state index in [0.29, 0.717) is 13.6 Å². The lowest BCUT2D eigenvalue weighted by molar-refractivity contribution is 0.395. The molecule has 0 bridgehead atoms. The zero-order valence-corrected chi connectivity index (χ0v) is 22.6. The summed E-state index contributed by atoms with van der Waals surface area (Å²) in [6.45, 7) is 0. The molecule has 32 heavy (non-hydrogen) atoms. The summed E-state index contributed by atoms with van der Waals surface area (Å²) in [7, 11) is 5.87. The van der Waals surface area contributed by atoms with Gasteiger partial charge >= 0.3 is 0 Å². The van der Waals surface area contributed by atoms with Crippen LogP contribution < -0.4 is 11.1 Å². The van der Waals surface area contributed by atoms with E-state index in [4.69, 9.17) is 24.4 Å². The van der Waals surface area contributed by atoms with Crippen molar-refractivity contribution in [1.29, 1.82) is 0 Å². The Hall–Kier alpha value is -1.97. The third kappa shape index (κ3) is 3.74. The Morgan fingerprint density at radius 2 is 1.25 bits per heavy atom. The number of aromatic nitrogens is 4. The summed E-state index contributed by atoms with van der Waals surface area (Å²) in [5.74, 6) is -2.13. The van der Waals surface area contributed by atoms with Gasteiger partial charge < -0.3 is 15.3 Å². The van der Waals surface area contributed by atoms with Crippen LogP contribution in [0.2, 0.25) is 0 Å². The quantitative estimate of drug-likeness (QED) is 0.295. The van der Waals surface area contributed by atoms with E-state index in [1.165, 1.54) is 52.5 Å². The van der Waals surface area contributed by atoms with Gasteiger partial charge in [-0.25, -0.2) is 0 Å². The highest BCUT2D eigenvalue weighted by molar-refractivity contribution is 14.1. The van der Waals surface area contributed by atoms with Crippen LogP contribution in [0.4, 0.5) is 0 Å². The third-order valence-corrected chi connectivity index (χ3v) is 7.81. The maximum absolute atomic E-state index is 13.3. The van der Waals surface area contributed by atoms with Gasteiger partial charge in [-0.05, 0) is 80.7 Å². The highest BCUT2D eigenvalue weighted by atomic mass is 127. The molecule has 3 aromatic rings. The molecule has 0 saturated carbocycles. The highest BCUT2D eigenvalue weighted by Gasteiger charge is 2.33. The Labute approximate surface area is 214 Å². The molecule has 0 fully saturated rings. The molecule has 1 aromatic carbocycles. The summed E-state index contributed by atoms with van der Waals surface area (Å²) in [6, 6.07) is 3.08. The smallest absolute Gasteiger partial charge is 0.262 e. The zero-order chi connectivity index (χ0) is 24.2. The van der Waals surface area contributed by atoms with E-state index in [1.54, 1.807) is 6.07 Å². The molecule has 0 aliphatic rings. The van der Waals surface area contributed by atoms with Gasteiger partial charge in [0.1, 0.15) is 5.75 Å². The maximum atomic E-state index is 13.3. The fraction of sp³-hybridized carbons (Fsp3) is 0.263. The Kier molecular flexibility index (Phi) is 6.75. The first kappa shape index (κ1) is 24.7. The molecule has 0 atom stereocenters. The molecule has 13 heteroatoms. The van der Waals surface area contributed by atoms with Crippen molar-refractivity contribution < 1.29 is 15.3 Å². The second-order valence-electron chi connectivity index (χ2n) is 7.15. The van der Waals surface area contributed by atoms with E-state index < -0.39 is 28.8 Å². The van der Waals surface area contributed by atoms with Crippen LogP contribution in [0.3, 0.4) is 0 Å². The molecule has 3 rings (SSSR count). The van der Waals surface area contributed by atoms with Crippen LogP contribution >= 0.6 is 63.0 Å². The van der Waals surface area contributed by atoms with Gasteiger partial charge in [0, 0.05) is 28.2 Å². The van der Waals surface area contributed by atoms with Gasteiger partial charge in [-0.2, -0.15) is 0 Å². The van der Waals surface area contributed by atoms with E-state index in [1.807, 2.05) is 22.6 Å². The van der Waals surface area contributed by atoms with Crippen LogP contribution in [0.25, 0.3) is 0 Å². The number of phenolic OH excluding ortho intramolecular Hbond substituents is 1. The summed E-state index contributed by atoms with van der Waals surface area (Å²) in [5, 5.41) is 32.1. The van der Waals surface area contributed by atoms with Gasteiger partial charge in [0.05, 0.1) is 25.1 Å².